The number of para-hydroxylation sites is 1. The first-order valence-corrected chi connectivity index (χ1v) is 17.8. The Bertz CT molecular complexity index is 1740. The molecule has 0 amide bonds. The number of rotatable bonds is 10. The maximum absolute atomic E-state index is 13.0. The molecule has 1 saturated heterocycles. The summed E-state index contributed by atoms with van der Waals surface area (Å²) >= 11 is 6.28. The molecule has 1 spiro atoms. The normalized spacial score (nSPS) is 25.4. The Morgan fingerprint density at radius 3 is 2.46 bits per heavy atom. The number of likely N-dealkylation sites (tertiary alicyclic amines) is 1. The van der Waals surface area contributed by atoms with Gasteiger partial charge in [-0.3, -0.25) is 0 Å². The van der Waals surface area contributed by atoms with Gasteiger partial charge in [0.05, 0.1) is 6.61 Å². The Labute approximate surface area is 289 Å². The zero-order valence-corrected chi connectivity index (χ0v) is 28.4. The molecular formula is C41H45ClN2O4. The zero-order chi connectivity index (χ0) is 33.1. The fourth-order valence-electron chi connectivity index (χ4n) is 8.54. The van der Waals surface area contributed by atoms with Crippen LogP contribution in [0.4, 0.5) is 5.69 Å². The molecule has 48 heavy (non-hydrogen) atoms. The number of benzene rings is 4. The number of nitrogens with zero attached hydrogens (tertiary/aromatic N) is 1. The molecule has 2 aliphatic carbocycles. The monoisotopic (exact) mass is 664 g/mol. The largest absolute Gasteiger partial charge is 0.494 e. The van der Waals surface area contributed by atoms with Crippen LogP contribution in [0.3, 0.4) is 0 Å². The number of carboxylic acids is 1. The molecule has 3 aliphatic rings. The van der Waals surface area contributed by atoms with Gasteiger partial charge in [-0.1, -0.05) is 60.5 Å². The summed E-state index contributed by atoms with van der Waals surface area (Å²) in [5.41, 5.74) is 3.25. The summed E-state index contributed by atoms with van der Waals surface area (Å²) < 4.78 is 12.7. The Balaban J connectivity index is 1.18. The third-order valence-electron chi connectivity index (χ3n) is 11.2. The highest BCUT2D eigenvalue weighted by Gasteiger charge is 2.54. The van der Waals surface area contributed by atoms with E-state index in [2.05, 4.69) is 53.7 Å². The van der Waals surface area contributed by atoms with Gasteiger partial charge in [-0.05, 0) is 142 Å². The van der Waals surface area contributed by atoms with Crippen LogP contribution in [0.2, 0.25) is 5.02 Å². The number of anilines is 1. The molecule has 0 radical (unpaired) electrons. The second kappa shape index (κ2) is 13.9. The fraction of sp³-hybridized carbons (Fsp3) is 0.390. The molecule has 7 heteroatoms. The van der Waals surface area contributed by atoms with E-state index in [1.165, 1.54) is 36.0 Å². The molecule has 0 bridgehead atoms. The lowest BCUT2D eigenvalue weighted by Crippen LogP contribution is -2.52. The second-order valence-corrected chi connectivity index (χ2v) is 14.4. The van der Waals surface area contributed by atoms with Gasteiger partial charge in [-0.25, -0.2) is 4.79 Å². The van der Waals surface area contributed by atoms with E-state index < -0.39 is 11.5 Å². The first kappa shape index (κ1) is 32.5. The maximum Gasteiger partial charge on any atom is 0.329 e. The first-order chi connectivity index (χ1) is 23.3. The standard InChI is InChI=1S/C41H45ClN2O4/c1-44-23-6-5-12-33(44)18-24-47-35-17-16-30-26-37(29-9-7-15-36(25-29)48-34-13-3-2-4-14-34)40(38(30)28-35)19-21-41(22-20-40,39(45)46)43-32-11-8-10-31(42)27-32/h2-4,7-11,13-17,25,27-28,33,37,43H,5-6,12,18-24,26H2,1H3,(H,45,46). The van der Waals surface area contributed by atoms with E-state index in [9.17, 15) is 9.90 Å². The van der Waals surface area contributed by atoms with Crippen LogP contribution >= 0.6 is 11.6 Å². The Hall–Kier alpha value is -4.00. The topological polar surface area (TPSA) is 71.0 Å². The number of nitrogens with one attached hydrogen (secondary N) is 1. The number of hydrogen-bond acceptors (Lipinski definition) is 5. The predicted octanol–water partition coefficient (Wildman–Crippen LogP) is 9.47. The third-order valence-corrected chi connectivity index (χ3v) is 11.4. The van der Waals surface area contributed by atoms with Gasteiger partial charge in [0.1, 0.15) is 22.8 Å². The van der Waals surface area contributed by atoms with Crippen molar-refractivity contribution < 1.29 is 19.4 Å². The molecule has 2 N–H and O–H groups in total. The molecule has 0 aromatic heterocycles. The lowest BCUT2D eigenvalue weighted by Gasteiger charge is -2.47. The van der Waals surface area contributed by atoms with Crippen LogP contribution in [0.15, 0.2) is 97.1 Å². The fourth-order valence-corrected chi connectivity index (χ4v) is 8.73. The van der Waals surface area contributed by atoms with Crippen molar-refractivity contribution in [1.29, 1.82) is 0 Å². The number of carbonyl (C=O) groups is 1. The van der Waals surface area contributed by atoms with Gasteiger partial charge in [0.2, 0.25) is 0 Å². The number of hydrogen-bond donors (Lipinski definition) is 2. The summed E-state index contributed by atoms with van der Waals surface area (Å²) in [5, 5.41) is 14.6. The van der Waals surface area contributed by atoms with Crippen LogP contribution < -0.4 is 14.8 Å². The highest BCUT2D eigenvalue weighted by molar-refractivity contribution is 6.30. The van der Waals surface area contributed by atoms with Crippen molar-refractivity contribution in [1.82, 2.24) is 4.90 Å². The van der Waals surface area contributed by atoms with Crippen LogP contribution in [0.25, 0.3) is 0 Å². The summed E-state index contributed by atoms with van der Waals surface area (Å²) in [6.07, 6.45) is 8.14. The van der Waals surface area contributed by atoms with Gasteiger partial charge in [-0.2, -0.15) is 0 Å². The van der Waals surface area contributed by atoms with Crippen molar-refractivity contribution in [2.75, 3.05) is 25.5 Å². The molecule has 4 aromatic rings. The summed E-state index contributed by atoms with van der Waals surface area (Å²) in [5.74, 6) is 1.86. The average molecular weight is 665 g/mol. The Kier molecular flexibility index (Phi) is 9.39. The van der Waals surface area contributed by atoms with Crippen molar-refractivity contribution in [3.05, 3.63) is 119 Å². The highest BCUT2D eigenvalue weighted by atomic mass is 35.5. The zero-order valence-electron chi connectivity index (χ0n) is 27.7. The summed E-state index contributed by atoms with van der Waals surface area (Å²) in [6, 6.07) is 32.9. The lowest BCUT2D eigenvalue weighted by atomic mass is 9.59. The minimum atomic E-state index is -1.08. The molecule has 2 unspecified atom stereocenters. The van der Waals surface area contributed by atoms with Crippen molar-refractivity contribution >= 4 is 23.3 Å². The van der Waals surface area contributed by atoms with Gasteiger partial charge in [0.15, 0.2) is 0 Å². The van der Waals surface area contributed by atoms with Gasteiger partial charge in [0, 0.05) is 22.2 Å². The van der Waals surface area contributed by atoms with E-state index >= 15 is 0 Å². The SMILES string of the molecule is CN1CCCCC1CCOc1ccc2c(c1)C1(CCC(Nc3cccc(Cl)c3)(C(=O)O)CC1)C(c1cccc(Oc3ccccc3)c1)C2. The van der Waals surface area contributed by atoms with E-state index in [4.69, 9.17) is 21.1 Å². The van der Waals surface area contributed by atoms with Crippen molar-refractivity contribution in [3.8, 4) is 17.2 Å². The van der Waals surface area contributed by atoms with Gasteiger partial charge < -0.3 is 24.8 Å². The molecule has 1 saturated carbocycles. The summed E-state index contributed by atoms with van der Waals surface area (Å²) in [6.45, 7) is 1.85. The third kappa shape index (κ3) is 6.65. The number of fused-ring (bicyclic) bond motifs is 2. The first-order valence-electron chi connectivity index (χ1n) is 17.4. The highest BCUT2D eigenvalue weighted by Crippen LogP contribution is 2.59. The predicted molar refractivity (Wildman–Crippen MR) is 192 cm³/mol. The minimum Gasteiger partial charge on any atom is -0.494 e. The molecule has 7 rings (SSSR count). The smallest absolute Gasteiger partial charge is 0.329 e. The number of piperidine rings is 1. The molecule has 6 nitrogen and oxygen atoms in total. The molecule has 4 aromatic carbocycles. The molecule has 2 atom stereocenters. The van der Waals surface area contributed by atoms with Crippen LogP contribution in [-0.2, 0) is 16.6 Å². The average Bonchev–Trinajstić information content (AvgIpc) is 3.40. The van der Waals surface area contributed by atoms with Gasteiger partial charge >= 0.3 is 5.97 Å². The van der Waals surface area contributed by atoms with Crippen LogP contribution in [0.5, 0.6) is 17.2 Å². The van der Waals surface area contributed by atoms with Crippen LogP contribution in [0, 0.1) is 0 Å². The number of ether oxygens (including phenoxy) is 2. The molecule has 1 heterocycles. The Morgan fingerprint density at radius 1 is 0.896 bits per heavy atom. The van der Waals surface area contributed by atoms with Crippen molar-refractivity contribution in [2.45, 2.75) is 80.7 Å². The molecule has 250 valence electrons. The van der Waals surface area contributed by atoms with E-state index in [1.807, 2.05) is 48.5 Å². The molecule has 2 fully saturated rings. The number of carboxylic acid groups (broad SMARTS) is 1. The maximum atomic E-state index is 13.0. The Morgan fingerprint density at radius 2 is 1.69 bits per heavy atom. The van der Waals surface area contributed by atoms with E-state index in [0.717, 1.165) is 55.2 Å². The summed E-state index contributed by atoms with van der Waals surface area (Å²) in [7, 11) is 2.23. The van der Waals surface area contributed by atoms with E-state index in [0.29, 0.717) is 30.5 Å². The summed E-state index contributed by atoms with van der Waals surface area (Å²) in [4.78, 5) is 15.4. The van der Waals surface area contributed by atoms with Crippen LogP contribution in [0.1, 0.15) is 74.0 Å². The quantitative estimate of drug-likeness (QED) is 0.176. The second-order valence-electron chi connectivity index (χ2n) is 14.0. The van der Waals surface area contributed by atoms with Crippen LogP contribution in [-0.4, -0.2) is 47.8 Å². The molecular weight excluding hydrogens is 620 g/mol. The van der Waals surface area contributed by atoms with Crippen molar-refractivity contribution in [3.63, 3.8) is 0 Å². The number of aliphatic carboxylic acids is 1. The van der Waals surface area contributed by atoms with E-state index in [1.54, 1.807) is 12.1 Å². The molecule has 1 aliphatic heterocycles. The van der Waals surface area contributed by atoms with E-state index in [-0.39, 0.29) is 11.3 Å². The van der Waals surface area contributed by atoms with Gasteiger partial charge in [-0.15, -0.1) is 0 Å². The van der Waals surface area contributed by atoms with Gasteiger partial charge in [0.25, 0.3) is 0 Å². The lowest BCUT2D eigenvalue weighted by molar-refractivity contribution is -0.144. The van der Waals surface area contributed by atoms with Crippen molar-refractivity contribution in [2.24, 2.45) is 0 Å². The minimum absolute atomic E-state index is 0.177. The number of halogens is 1.